The minimum absolute atomic E-state index is 0.0395. The molecule has 3 aromatic rings. The third kappa shape index (κ3) is 6.75. The van der Waals surface area contributed by atoms with Gasteiger partial charge in [-0.15, -0.1) is 0 Å². The van der Waals surface area contributed by atoms with Gasteiger partial charge < -0.3 is 20.4 Å². The second kappa shape index (κ2) is 12.0. The number of aliphatic hydroxyl groups is 1. The molecule has 1 heterocycles. The zero-order valence-electron chi connectivity index (χ0n) is 20.1. The van der Waals surface area contributed by atoms with Crippen molar-refractivity contribution in [2.75, 3.05) is 24.5 Å². The molecule has 0 aromatic heterocycles. The van der Waals surface area contributed by atoms with E-state index in [-0.39, 0.29) is 43.9 Å². The molecule has 1 saturated heterocycles. The normalized spacial score (nSPS) is 16.4. The van der Waals surface area contributed by atoms with E-state index in [1.54, 1.807) is 46.2 Å². The lowest BCUT2D eigenvalue weighted by Gasteiger charge is -2.40. The number of amides is 3. The number of carboxylic acid groups (broad SMARTS) is 1. The number of aliphatic hydroxyl groups excluding tert-OH is 1. The van der Waals surface area contributed by atoms with E-state index in [9.17, 15) is 24.6 Å². The smallest absolute Gasteiger partial charge is 0.324 e. The van der Waals surface area contributed by atoms with E-state index < -0.39 is 12.1 Å². The highest BCUT2D eigenvalue weighted by Gasteiger charge is 2.34. The Morgan fingerprint density at radius 3 is 2.35 bits per heavy atom. The van der Waals surface area contributed by atoms with Crippen LogP contribution in [0.15, 0.2) is 83.3 Å². The van der Waals surface area contributed by atoms with E-state index in [1.165, 1.54) is 0 Å². The Labute approximate surface area is 223 Å². The van der Waals surface area contributed by atoms with Gasteiger partial charge in [-0.1, -0.05) is 64.5 Å². The van der Waals surface area contributed by atoms with Crippen molar-refractivity contribution in [2.45, 2.75) is 19.1 Å². The average Bonchev–Trinajstić information content (AvgIpc) is 2.90. The number of carbonyl (C=O) groups is 3. The number of halogens is 1. The van der Waals surface area contributed by atoms with Gasteiger partial charge in [-0.2, -0.15) is 0 Å². The van der Waals surface area contributed by atoms with Crippen molar-refractivity contribution in [1.29, 1.82) is 0 Å². The van der Waals surface area contributed by atoms with Crippen LogP contribution in [0, 0.1) is 5.92 Å². The summed E-state index contributed by atoms with van der Waals surface area (Å²) in [7, 11) is 0. The van der Waals surface area contributed by atoms with Crippen LogP contribution in [0.4, 0.5) is 10.5 Å². The van der Waals surface area contributed by atoms with Crippen LogP contribution in [0.5, 0.6) is 0 Å². The number of urea groups is 1. The molecule has 0 radical (unpaired) electrons. The zero-order valence-corrected chi connectivity index (χ0v) is 21.7. The summed E-state index contributed by atoms with van der Waals surface area (Å²) in [5.41, 5.74) is 2.40. The molecule has 1 aliphatic heterocycles. The predicted molar refractivity (Wildman–Crippen MR) is 143 cm³/mol. The summed E-state index contributed by atoms with van der Waals surface area (Å²) in [6, 6.07) is 23.1. The van der Waals surface area contributed by atoms with Crippen LogP contribution in [-0.2, 0) is 11.3 Å². The maximum Gasteiger partial charge on any atom is 0.324 e. The van der Waals surface area contributed by atoms with Crippen molar-refractivity contribution in [3.8, 4) is 0 Å². The molecule has 3 N–H and O–H groups in total. The van der Waals surface area contributed by atoms with Crippen LogP contribution in [-0.4, -0.2) is 52.7 Å². The lowest BCUT2D eigenvalue weighted by molar-refractivity contribution is -0.138. The van der Waals surface area contributed by atoms with Gasteiger partial charge >= 0.3 is 12.0 Å². The largest absolute Gasteiger partial charge is 0.481 e. The molecule has 2 atom stereocenters. The first-order valence-electron chi connectivity index (χ1n) is 11.9. The van der Waals surface area contributed by atoms with E-state index in [0.29, 0.717) is 28.9 Å². The van der Waals surface area contributed by atoms with Gasteiger partial charge in [-0.3, -0.25) is 14.5 Å². The first kappa shape index (κ1) is 26.4. The van der Waals surface area contributed by atoms with Crippen molar-refractivity contribution in [3.05, 3.63) is 100 Å². The van der Waals surface area contributed by atoms with Crippen molar-refractivity contribution >= 4 is 39.5 Å². The van der Waals surface area contributed by atoms with Gasteiger partial charge in [-0.05, 0) is 41.5 Å². The van der Waals surface area contributed by atoms with Crippen molar-refractivity contribution in [2.24, 2.45) is 5.92 Å². The van der Waals surface area contributed by atoms with Crippen molar-refractivity contribution in [1.82, 2.24) is 10.2 Å². The van der Waals surface area contributed by atoms with Gasteiger partial charge in [0.05, 0.1) is 12.5 Å². The van der Waals surface area contributed by atoms with E-state index in [0.717, 1.165) is 4.47 Å². The average molecular weight is 566 g/mol. The summed E-state index contributed by atoms with van der Waals surface area (Å²) in [5, 5.41) is 22.6. The van der Waals surface area contributed by atoms with Gasteiger partial charge in [0.25, 0.3) is 5.91 Å². The molecular formula is C28H28BrN3O5. The maximum atomic E-state index is 13.5. The molecule has 1 aliphatic rings. The summed E-state index contributed by atoms with van der Waals surface area (Å²) >= 11 is 3.40. The lowest BCUT2D eigenvalue weighted by Crippen LogP contribution is -2.53. The number of carbonyl (C=O) groups excluding carboxylic acids is 2. The van der Waals surface area contributed by atoms with Gasteiger partial charge in [0.15, 0.2) is 0 Å². The first-order valence-corrected chi connectivity index (χ1v) is 12.7. The zero-order chi connectivity index (χ0) is 26.4. The molecule has 0 saturated carbocycles. The second-order valence-electron chi connectivity index (χ2n) is 9.01. The van der Waals surface area contributed by atoms with Gasteiger partial charge in [0.1, 0.15) is 0 Å². The van der Waals surface area contributed by atoms with Gasteiger partial charge in [0.2, 0.25) is 0 Å². The Hall–Kier alpha value is -3.69. The SMILES string of the molecule is O=C(O)CC1CN(Cc2ccccc2C(=O)NCC(O)c2ccccc2)C(=O)N(c2ccc(Br)cc2)C1. The number of nitrogens with one attached hydrogen (secondary N) is 1. The standard InChI is InChI=1S/C28H28BrN3O5/c29-22-10-12-23(13-11-22)32-17-19(14-26(34)35)16-31(28(32)37)18-21-8-4-5-9-24(21)27(36)30-15-25(33)20-6-2-1-3-7-20/h1-13,19,25,33H,14-18H2,(H,30,36)(H,34,35). The number of aliphatic carboxylic acids is 1. The number of benzene rings is 3. The minimum atomic E-state index is -0.924. The monoisotopic (exact) mass is 565 g/mol. The Morgan fingerprint density at radius 2 is 1.65 bits per heavy atom. The highest BCUT2D eigenvalue weighted by molar-refractivity contribution is 9.10. The number of carboxylic acids is 1. The second-order valence-corrected chi connectivity index (χ2v) is 9.92. The summed E-state index contributed by atoms with van der Waals surface area (Å²) in [4.78, 5) is 41.1. The summed E-state index contributed by atoms with van der Waals surface area (Å²) < 4.78 is 0.872. The van der Waals surface area contributed by atoms with E-state index in [4.69, 9.17) is 0 Å². The number of nitrogens with zero attached hydrogens (tertiary/aromatic N) is 2. The van der Waals surface area contributed by atoms with Gasteiger partial charge in [0, 0.05) is 47.8 Å². The van der Waals surface area contributed by atoms with E-state index in [2.05, 4.69) is 21.2 Å². The number of hydrogen-bond donors (Lipinski definition) is 3. The molecule has 0 spiro atoms. The Kier molecular flexibility index (Phi) is 8.58. The van der Waals surface area contributed by atoms with Crippen molar-refractivity contribution < 1.29 is 24.6 Å². The highest BCUT2D eigenvalue weighted by Crippen LogP contribution is 2.27. The maximum absolute atomic E-state index is 13.5. The number of anilines is 1. The van der Waals surface area contributed by atoms with E-state index >= 15 is 0 Å². The molecule has 0 bridgehead atoms. The fraction of sp³-hybridized carbons (Fsp3) is 0.250. The quantitative estimate of drug-likeness (QED) is 0.355. The number of hydrogen-bond acceptors (Lipinski definition) is 4. The molecule has 192 valence electrons. The summed E-state index contributed by atoms with van der Waals surface area (Å²) in [5.74, 6) is -1.56. The van der Waals surface area contributed by atoms with Crippen LogP contribution in [0.25, 0.3) is 0 Å². The molecule has 3 aromatic carbocycles. The third-order valence-corrected chi connectivity index (χ3v) is 6.81. The van der Waals surface area contributed by atoms with Gasteiger partial charge in [-0.25, -0.2) is 4.79 Å². The Morgan fingerprint density at radius 1 is 0.973 bits per heavy atom. The summed E-state index contributed by atoms with van der Waals surface area (Å²) in [6.07, 6.45) is -0.923. The highest BCUT2D eigenvalue weighted by atomic mass is 79.9. The molecule has 37 heavy (non-hydrogen) atoms. The van der Waals surface area contributed by atoms with Crippen molar-refractivity contribution in [3.63, 3.8) is 0 Å². The van der Waals surface area contributed by atoms with Crippen LogP contribution >= 0.6 is 15.9 Å². The fourth-order valence-electron chi connectivity index (χ4n) is 4.46. The minimum Gasteiger partial charge on any atom is -0.481 e. The Bertz CT molecular complexity index is 1250. The topological polar surface area (TPSA) is 110 Å². The first-order chi connectivity index (χ1) is 17.8. The number of rotatable bonds is 9. The molecule has 8 nitrogen and oxygen atoms in total. The predicted octanol–water partition coefficient (Wildman–Crippen LogP) is 4.45. The van der Waals surface area contributed by atoms with E-state index in [1.807, 2.05) is 42.5 Å². The van der Waals surface area contributed by atoms with Crippen LogP contribution in [0.1, 0.15) is 34.0 Å². The van der Waals surface area contributed by atoms with Crippen LogP contribution in [0.3, 0.4) is 0 Å². The van der Waals surface area contributed by atoms with Crippen LogP contribution in [0.2, 0.25) is 0 Å². The lowest BCUT2D eigenvalue weighted by atomic mass is 9.99. The molecule has 4 rings (SSSR count). The van der Waals surface area contributed by atoms with Crippen LogP contribution < -0.4 is 10.2 Å². The Balaban J connectivity index is 1.51. The molecule has 0 aliphatic carbocycles. The fourth-order valence-corrected chi connectivity index (χ4v) is 4.73. The molecule has 3 amide bonds. The summed E-state index contributed by atoms with van der Waals surface area (Å²) in [6.45, 7) is 0.744. The molecule has 9 heteroatoms. The molecular weight excluding hydrogens is 538 g/mol. The third-order valence-electron chi connectivity index (χ3n) is 6.29. The molecule has 1 fully saturated rings. The molecule has 2 unspecified atom stereocenters.